The van der Waals surface area contributed by atoms with Gasteiger partial charge in [0.25, 0.3) is 5.91 Å². The van der Waals surface area contributed by atoms with Crippen molar-refractivity contribution in [2.24, 2.45) is 5.14 Å². The van der Waals surface area contributed by atoms with E-state index in [9.17, 15) is 17.6 Å². The van der Waals surface area contributed by atoms with E-state index in [1.807, 2.05) is 0 Å². The van der Waals surface area contributed by atoms with E-state index < -0.39 is 21.7 Å². The van der Waals surface area contributed by atoms with Crippen LogP contribution in [-0.4, -0.2) is 14.3 Å². The number of benzene rings is 2. The van der Waals surface area contributed by atoms with Gasteiger partial charge in [-0.2, -0.15) is 0 Å². The summed E-state index contributed by atoms with van der Waals surface area (Å²) in [4.78, 5) is 11.8. The summed E-state index contributed by atoms with van der Waals surface area (Å²) in [5, 5.41) is 6.96. The average Bonchev–Trinajstić information content (AvgIpc) is 2.44. The van der Waals surface area contributed by atoms with E-state index >= 15 is 0 Å². The highest BCUT2D eigenvalue weighted by Gasteiger charge is 2.17. The fourth-order valence-electron chi connectivity index (χ4n) is 1.65. The molecule has 22 heavy (non-hydrogen) atoms. The predicted molar refractivity (Wildman–Crippen MR) is 82.2 cm³/mol. The van der Waals surface area contributed by atoms with E-state index in [-0.39, 0.29) is 26.2 Å². The zero-order valence-electron chi connectivity index (χ0n) is 10.8. The first-order chi connectivity index (χ1) is 10.2. The molecule has 0 radical (unpaired) electrons. The van der Waals surface area contributed by atoms with Gasteiger partial charge < -0.3 is 5.32 Å². The van der Waals surface area contributed by atoms with Gasteiger partial charge in [-0.1, -0.05) is 29.3 Å². The third-order valence-corrected chi connectivity index (χ3v) is 4.39. The summed E-state index contributed by atoms with van der Waals surface area (Å²) in [5.41, 5.74) is -0.183. The molecule has 0 aliphatic carbocycles. The van der Waals surface area contributed by atoms with E-state index in [0.29, 0.717) is 0 Å². The third-order valence-electron chi connectivity index (χ3n) is 2.70. The number of carbonyl (C=O) groups is 1. The molecule has 0 saturated carbocycles. The maximum atomic E-state index is 13.9. The third kappa shape index (κ3) is 3.56. The first-order valence-electron chi connectivity index (χ1n) is 5.78. The molecule has 0 bridgehead atoms. The second-order valence-corrected chi connectivity index (χ2v) is 6.60. The molecule has 1 amide bonds. The van der Waals surface area contributed by atoms with Gasteiger partial charge in [-0.05, 0) is 30.3 Å². The molecule has 0 unspecified atom stereocenters. The van der Waals surface area contributed by atoms with Crippen LogP contribution < -0.4 is 10.5 Å². The second-order valence-electron chi connectivity index (χ2n) is 4.25. The number of sulfonamides is 1. The molecule has 2 aromatic carbocycles. The summed E-state index contributed by atoms with van der Waals surface area (Å²) in [6, 6.07) is 7.70. The predicted octanol–water partition coefficient (Wildman–Crippen LogP) is 3.03. The fraction of sp³-hybridized carbons (Fsp3) is 0. The molecular weight excluding hydrogens is 354 g/mol. The van der Waals surface area contributed by atoms with Crippen molar-refractivity contribution >= 4 is 44.8 Å². The van der Waals surface area contributed by atoms with Gasteiger partial charge >= 0.3 is 0 Å². The number of primary sulfonamides is 1. The highest BCUT2D eigenvalue weighted by atomic mass is 35.5. The van der Waals surface area contributed by atoms with Crippen molar-refractivity contribution < 1.29 is 17.6 Å². The summed E-state index contributed by atoms with van der Waals surface area (Å²) >= 11 is 11.3. The molecule has 9 heteroatoms. The van der Waals surface area contributed by atoms with Gasteiger partial charge in [0.15, 0.2) is 5.82 Å². The number of anilines is 1. The highest BCUT2D eigenvalue weighted by Crippen LogP contribution is 2.27. The molecule has 2 rings (SSSR count). The molecule has 0 aliphatic heterocycles. The summed E-state index contributed by atoms with van der Waals surface area (Å²) in [6.07, 6.45) is 0. The summed E-state index contributed by atoms with van der Waals surface area (Å²) in [6.45, 7) is 0. The SMILES string of the molecule is NS(=O)(=O)c1cccc(NC(=O)c2ccc(Cl)c(Cl)c2F)c1. The minimum atomic E-state index is -3.91. The van der Waals surface area contributed by atoms with Crippen LogP contribution in [0.3, 0.4) is 0 Å². The first-order valence-corrected chi connectivity index (χ1v) is 8.08. The smallest absolute Gasteiger partial charge is 0.258 e. The van der Waals surface area contributed by atoms with Gasteiger partial charge in [0.05, 0.1) is 20.5 Å². The van der Waals surface area contributed by atoms with E-state index in [2.05, 4.69) is 5.32 Å². The van der Waals surface area contributed by atoms with Gasteiger partial charge in [-0.3, -0.25) is 4.79 Å². The minimum Gasteiger partial charge on any atom is -0.322 e. The van der Waals surface area contributed by atoms with E-state index in [1.54, 1.807) is 0 Å². The van der Waals surface area contributed by atoms with Crippen LogP contribution in [0.1, 0.15) is 10.4 Å². The number of rotatable bonds is 3. The van der Waals surface area contributed by atoms with Crippen LogP contribution in [0.15, 0.2) is 41.3 Å². The molecule has 0 atom stereocenters. The Hall–Kier alpha value is -1.67. The van der Waals surface area contributed by atoms with Crippen LogP contribution in [0, 0.1) is 5.82 Å². The molecule has 0 fully saturated rings. The molecule has 0 saturated heterocycles. The van der Waals surface area contributed by atoms with Crippen LogP contribution in [0.5, 0.6) is 0 Å². The van der Waals surface area contributed by atoms with Crippen molar-refractivity contribution in [3.05, 3.63) is 57.8 Å². The van der Waals surface area contributed by atoms with Crippen LogP contribution in [-0.2, 0) is 10.0 Å². The molecular formula is C13H9Cl2FN2O3S. The van der Waals surface area contributed by atoms with Crippen molar-refractivity contribution in [2.75, 3.05) is 5.32 Å². The van der Waals surface area contributed by atoms with Gasteiger partial charge in [-0.25, -0.2) is 17.9 Å². The number of hydrogen-bond acceptors (Lipinski definition) is 3. The second kappa shape index (κ2) is 6.21. The maximum absolute atomic E-state index is 13.9. The van der Waals surface area contributed by atoms with Crippen LogP contribution >= 0.6 is 23.2 Å². The molecule has 2 aromatic rings. The van der Waals surface area contributed by atoms with Crippen molar-refractivity contribution in [3.8, 4) is 0 Å². The lowest BCUT2D eigenvalue weighted by atomic mass is 10.2. The molecule has 0 aliphatic rings. The Morgan fingerprint density at radius 2 is 1.86 bits per heavy atom. The van der Waals surface area contributed by atoms with Crippen molar-refractivity contribution in [3.63, 3.8) is 0 Å². The lowest BCUT2D eigenvalue weighted by Crippen LogP contribution is -2.16. The Bertz CT molecular complexity index is 856. The summed E-state index contributed by atoms with van der Waals surface area (Å²) in [7, 11) is -3.91. The molecule has 116 valence electrons. The van der Waals surface area contributed by atoms with Gasteiger partial charge in [0.1, 0.15) is 0 Å². The lowest BCUT2D eigenvalue weighted by molar-refractivity contribution is 0.102. The van der Waals surface area contributed by atoms with Gasteiger partial charge in [-0.15, -0.1) is 0 Å². The number of carbonyl (C=O) groups excluding carboxylic acids is 1. The number of nitrogens with one attached hydrogen (secondary N) is 1. The van der Waals surface area contributed by atoms with E-state index in [0.717, 1.165) is 6.07 Å². The Morgan fingerprint density at radius 1 is 1.18 bits per heavy atom. The lowest BCUT2D eigenvalue weighted by Gasteiger charge is -2.08. The normalized spacial score (nSPS) is 11.3. The van der Waals surface area contributed by atoms with Gasteiger partial charge in [0, 0.05) is 5.69 Å². The molecule has 0 aromatic heterocycles. The molecule has 5 nitrogen and oxygen atoms in total. The average molecular weight is 363 g/mol. The van der Waals surface area contributed by atoms with E-state index in [1.165, 1.54) is 30.3 Å². The minimum absolute atomic E-state index is 0.0214. The van der Waals surface area contributed by atoms with E-state index in [4.69, 9.17) is 28.3 Å². The molecule has 0 heterocycles. The Morgan fingerprint density at radius 3 is 2.50 bits per heavy atom. The molecule has 0 spiro atoms. The number of hydrogen-bond donors (Lipinski definition) is 2. The van der Waals surface area contributed by atoms with Gasteiger partial charge in [0.2, 0.25) is 10.0 Å². The zero-order chi connectivity index (χ0) is 16.5. The zero-order valence-corrected chi connectivity index (χ0v) is 13.1. The van der Waals surface area contributed by atoms with Crippen molar-refractivity contribution in [1.82, 2.24) is 0 Å². The number of halogens is 3. The summed E-state index contributed by atoms with van der Waals surface area (Å²) < 4.78 is 36.4. The quantitative estimate of drug-likeness (QED) is 0.822. The summed E-state index contributed by atoms with van der Waals surface area (Å²) in [5.74, 6) is -1.77. The first kappa shape index (κ1) is 16.7. The topological polar surface area (TPSA) is 89.3 Å². The fourth-order valence-corrected chi connectivity index (χ4v) is 2.52. The maximum Gasteiger partial charge on any atom is 0.258 e. The van der Waals surface area contributed by atoms with Crippen LogP contribution in [0.25, 0.3) is 0 Å². The standard InChI is InChI=1S/C13H9Cl2FN2O3S/c14-10-5-4-9(12(16)11(10)15)13(19)18-7-2-1-3-8(6-7)22(17,20)21/h1-6H,(H,18,19)(H2,17,20,21). The Labute approximate surface area is 135 Å². The van der Waals surface area contributed by atoms with Crippen molar-refractivity contribution in [2.45, 2.75) is 4.90 Å². The largest absolute Gasteiger partial charge is 0.322 e. The van der Waals surface area contributed by atoms with Crippen LogP contribution in [0.4, 0.5) is 10.1 Å². The Balaban J connectivity index is 2.32. The van der Waals surface area contributed by atoms with Crippen LogP contribution in [0.2, 0.25) is 10.0 Å². The Kier molecular flexibility index (Phi) is 4.72. The molecule has 3 N–H and O–H groups in total. The number of amides is 1. The number of nitrogens with two attached hydrogens (primary N) is 1. The van der Waals surface area contributed by atoms with Crippen molar-refractivity contribution in [1.29, 1.82) is 0 Å². The highest BCUT2D eigenvalue weighted by molar-refractivity contribution is 7.89. The monoisotopic (exact) mass is 362 g/mol.